The lowest BCUT2D eigenvalue weighted by atomic mass is 9.67. The third-order valence-corrected chi connectivity index (χ3v) is 5.61. The first-order valence-electron chi connectivity index (χ1n) is 7.72. The van der Waals surface area contributed by atoms with Gasteiger partial charge < -0.3 is 20.5 Å². The highest BCUT2D eigenvalue weighted by Gasteiger charge is 2.43. The molecule has 0 aromatic heterocycles. The lowest BCUT2D eigenvalue weighted by Gasteiger charge is -2.37. The number of rotatable bonds is 4. The van der Waals surface area contributed by atoms with Crippen LogP contribution in [0.25, 0.3) is 0 Å². The van der Waals surface area contributed by atoms with Crippen LogP contribution in [0.4, 0.5) is 0 Å². The van der Waals surface area contributed by atoms with Crippen LogP contribution in [0.1, 0.15) is 36.0 Å². The summed E-state index contributed by atoms with van der Waals surface area (Å²) in [4.78, 5) is 12.5. The Hall–Kier alpha value is -1.17. The minimum absolute atomic E-state index is 0.0569. The van der Waals surface area contributed by atoms with Crippen molar-refractivity contribution >= 4 is 29.1 Å². The van der Waals surface area contributed by atoms with Gasteiger partial charge in [0.25, 0.3) is 5.91 Å². The van der Waals surface area contributed by atoms with Gasteiger partial charge in [0.2, 0.25) is 0 Å². The first-order valence-corrected chi connectivity index (χ1v) is 8.48. The van der Waals surface area contributed by atoms with E-state index in [2.05, 4.69) is 10.6 Å². The molecule has 1 aromatic rings. The Morgan fingerprint density at radius 1 is 1.52 bits per heavy atom. The number of carbonyl (C=O) groups excluding carboxylic acids is 1. The predicted octanol–water partition coefficient (Wildman–Crippen LogP) is 2.97. The SMILES string of the molecule is COc1c(Cl)cc(O)c(Cl)c1C(=O)NCC1CC2(CCC2)CN1. The number of aromatic hydroxyl groups is 1. The smallest absolute Gasteiger partial charge is 0.256 e. The number of hydrogen-bond acceptors (Lipinski definition) is 4. The summed E-state index contributed by atoms with van der Waals surface area (Å²) in [5.74, 6) is -0.474. The quantitative estimate of drug-likeness (QED) is 0.773. The highest BCUT2D eigenvalue weighted by atomic mass is 35.5. The van der Waals surface area contributed by atoms with Crippen LogP contribution in [-0.4, -0.2) is 37.3 Å². The van der Waals surface area contributed by atoms with E-state index in [9.17, 15) is 9.90 Å². The van der Waals surface area contributed by atoms with Gasteiger partial charge in [0.1, 0.15) is 11.3 Å². The summed E-state index contributed by atoms with van der Waals surface area (Å²) in [6, 6.07) is 1.52. The standard InChI is InChI=1S/C16H20Cl2N2O3/c1-23-14-10(17)5-11(21)13(18)12(14)15(22)19-7-9-6-16(8-20-9)3-2-4-16/h5,9,20-21H,2-4,6-8H2,1H3,(H,19,22). The number of carbonyl (C=O) groups is 1. The number of benzene rings is 1. The van der Waals surface area contributed by atoms with Gasteiger partial charge in [0.05, 0.1) is 17.2 Å². The Kier molecular flexibility index (Phi) is 4.63. The normalized spacial score (nSPS) is 22.0. The fraction of sp³-hybridized carbons (Fsp3) is 0.562. The van der Waals surface area contributed by atoms with Gasteiger partial charge >= 0.3 is 0 Å². The van der Waals surface area contributed by atoms with E-state index in [4.69, 9.17) is 27.9 Å². The van der Waals surface area contributed by atoms with Crippen molar-refractivity contribution in [3.8, 4) is 11.5 Å². The van der Waals surface area contributed by atoms with Gasteiger partial charge in [0.15, 0.2) is 5.75 Å². The van der Waals surface area contributed by atoms with Crippen LogP contribution in [0, 0.1) is 5.41 Å². The van der Waals surface area contributed by atoms with Gasteiger partial charge in [-0.25, -0.2) is 0 Å². The van der Waals surface area contributed by atoms with Crippen LogP contribution in [0.15, 0.2) is 6.07 Å². The molecule has 1 aliphatic heterocycles. The Morgan fingerprint density at radius 2 is 2.26 bits per heavy atom. The summed E-state index contributed by atoms with van der Waals surface area (Å²) >= 11 is 12.1. The molecule has 1 atom stereocenters. The molecule has 1 unspecified atom stereocenters. The summed E-state index contributed by atoms with van der Waals surface area (Å²) in [7, 11) is 1.41. The monoisotopic (exact) mass is 358 g/mol. The summed E-state index contributed by atoms with van der Waals surface area (Å²) in [6.07, 6.45) is 4.92. The number of ether oxygens (including phenoxy) is 1. The van der Waals surface area contributed by atoms with Gasteiger partial charge in [-0.3, -0.25) is 4.79 Å². The summed E-state index contributed by atoms with van der Waals surface area (Å²) in [6.45, 7) is 1.53. The minimum Gasteiger partial charge on any atom is -0.506 e. The van der Waals surface area contributed by atoms with Crippen molar-refractivity contribution in [2.24, 2.45) is 5.41 Å². The van der Waals surface area contributed by atoms with E-state index in [0.717, 1.165) is 13.0 Å². The van der Waals surface area contributed by atoms with E-state index >= 15 is 0 Å². The van der Waals surface area contributed by atoms with Crippen LogP contribution in [0.3, 0.4) is 0 Å². The molecule has 0 bridgehead atoms. The summed E-state index contributed by atoms with van der Waals surface area (Å²) < 4.78 is 5.16. The molecule has 7 heteroatoms. The zero-order chi connectivity index (χ0) is 16.6. The fourth-order valence-electron chi connectivity index (χ4n) is 3.53. The lowest BCUT2D eigenvalue weighted by Crippen LogP contribution is -2.37. The molecule has 126 valence electrons. The largest absolute Gasteiger partial charge is 0.506 e. The zero-order valence-corrected chi connectivity index (χ0v) is 14.4. The summed E-state index contributed by atoms with van der Waals surface area (Å²) in [5.41, 5.74) is 0.509. The predicted molar refractivity (Wildman–Crippen MR) is 89.7 cm³/mol. The number of methoxy groups -OCH3 is 1. The van der Waals surface area contributed by atoms with E-state index < -0.39 is 5.91 Å². The third-order valence-electron chi connectivity index (χ3n) is 4.95. The average Bonchev–Trinajstić information content (AvgIpc) is 2.93. The lowest BCUT2D eigenvalue weighted by molar-refractivity contribution is 0.0944. The number of halogens is 2. The molecule has 1 saturated heterocycles. The topological polar surface area (TPSA) is 70.6 Å². The molecule has 0 radical (unpaired) electrons. The van der Waals surface area contributed by atoms with E-state index in [1.165, 1.54) is 32.4 Å². The molecule has 1 heterocycles. The molecule has 1 aromatic carbocycles. The van der Waals surface area contributed by atoms with Crippen molar-refractivity contribution in [1.29, 1.82) is 0 Å². The average molecular weight is 359 g/mol. The molecule has 1 spiro atoms. The number of hydrogen-bond donors (Lipinski definition) is 3. The Bertz CT molecular complexity index is 632. The number of phenolic OH excluding ortho intramolecular Hbond substituents is 1. The Balaban J connectivity index is 1.69. The Morgan fingerprint density at radius 3 is 2.83 bits per heavy atom. The first kappa shape index (κ1) is 16.7. The van der Waals surface area contributed by atoms with Crippen LogP contribution >= 0.6 is 23.2 Å². The van der Waals surface area contributed by atoms with Crippen molar-refractivity contribution in [2.45, 2.75) is 31.7 Å². The molecule has 2 fully saturated rings. The van der Waals surface area contributed by atoms with Gasteiger partial charge in [-0.1, -0.05) is 29.6 Å². The van der Waals surface area contributed by atoms with E-state index in [1.54, 1.807) is 0 Å². The molecule has 23 heavy (non-hydrogen) atoms. The van der Waals surface area contributed by atoms with Gasteiger partial charge in [-0.2, -0.15) is 0 Å². The molecular weight excluding hydrogens is 339 g/mol. The van der Waals surface area contributed by atoms with Crippen molar-refractivity contribution in [3.05, 3.63) is 21.7 Å². The number of amides is 1. The van der Waals surface area contributed by atoms with Gasteiger partial charge in [-0.15, -0.1) is 0 Å². The second-order valence-corrected chi connectivity index (χ2v) is 7.23. The molecule has 1 aliphatic carbocycles. The van der Waals surface area contributed by atoms with Crippen molar-refractivity contribution in [3.63, 3.8) is 0 Å². The maximum Gasteiger partial charge on any atom is 0.256 e. The van der Waals surface area contributed by atoms with Crippen LogP contribution in [-0.2, 0) is 0 Å². The third kappa shape index (κ3) is 3.10. The van der Waals surface area contributed by atoms with E-state index in [0.29, 0.717) is 12.0 Å². The molecule has 3 N–H and O–H groups in total. The summed E-state index contributed by atoms with van der Waals surface area (Å²) in [5, 5.41) is 16.2. The molecule has 3 rings (SSSR count). The number of nitrogens with one attached hydrogen (secondary N) is 2. The highest BCUT2D eigenvalue weighted by molar-refractivity contribution is 6.38. The molecule has 2 aliphatic rings. The first-order chi connectivity index (χ1) is 11.0. The minimum atomic E-state index is -0.402. The highest BCUT2D eigenvalue weighted by Crippen LogP contribution is 2.47. The molecule has 1 amide bonds. The van der Waals surface area contributed by atoms with E-state index in [-0.39, 0.29) is 33.1 Å². The second-order valence-electron chi connectivity index (χ2n) is 6.45. The van der Waals surface area contributed by atoms with Crippen molar-refractivity contribution in [1.82, 2.24) is 10.6 Å². The Labute approximate surface area is 145 Å². The van der Waals surface area contributed by atoms with Crippen LogP contribution < -0.4 is 15.4 Å². The van der Waals surface area contributed by atoms with Crippen LogP contribution in [0.2, 0.25) is 10.0 Å². The van der Waals surface area contributed by atoms with E-state index in [1.807, 2.05) is 0 Å². The second kappa shape index (κ2) is 6.38. The zero-order valence-electron chi connectivity index (χ0n) is 12.9. The van der Waals surface area contributed by atoms with Crippen LogP contribution in [0.5, 0.6) is 11.5 Å². The van der Waals surface area contributed by atoms with Gasteiger partial charge in [-0.05, 0) is 24.7 Å². The molecule has 5 nitrogen and oxygen atoms in total. The van der Waals surface area contributed by atoms with Crippen molar-refractivity contribution in [2.75, 3.05) is 20.2 Å². The molecule has 1 saturated carbocycles. The fourth-order valence-corrected chi connectivity index (χ4v) is 4.03. The van der Waals surface area contributed by atoms with Crippen molar-refractivity contribution < 1.29 is 14.6 Å². The van der Waals surface area contributed by atoms with Gasteiger partial charge in [0, 0.05) is 25.2 Å². The molecular formula is C16H20Cl2N2O3. The maximum atomic E-state index is 12.5. The maximum absolute atomic E-state index is 12.5. The number of phenols is 1.